The summed E-state index contributed by atoms with van der Waals surface area (Å²) in [6, 6.07) is 0. The van der Waals surface area contributed by atoms with E-state index >= 15 is 0 Å². The van der Waals surface area contributed by atoms with Gasteiger partial charge in [-0.05, 0) is 46.0 Å². The largest absolute Gasteiger partial charge is 0.235 e. The maximum absolute atomic E-state index is 10.2. The molecule has 0 aromatic heterocycles. The molecule has 0 saturated heterocycles. The van der Waals surface area contributed by atoms with E-state index < -0.39 is 0 Å². The Bertz CT molecular complexity index is 259. The molecule has 0 spiro atoms. The fourth-order valence-corrected chi connectivity index (χ4v) is 1.82. The van der Waals surface area contributed by atoms with Crippen LogP contribution < -0.4 is 0 Å². The molecule has 1 aliphatic rings. The lowest BCUT2D eigenvalue weighted by Crippen LogP contribution is -2.30. The maximum atomic E-state index is 10.2. The van der Waals surface area contributed by atoms with Crippen molar-refractivity contribution in [2.75, 3.05) is 0 Å². The monoisotopic (exact) mass is 179 g/mol. The van der Waals surface area contributed by atoms with Crippen molar-refractivity contribution in [1.29, 1.82) is 0 Å². The molecule has 0 amide bonds. The van der Waals surface area contributed by atoms with Gasteiger partial charge in [-0.2, -0.15) is 4.99 Å². The number of hydrogen-bond donors (Lipinski definition) is 0. The van der Waals surface area contributed by atoms with Crippen molar-refractivity contribution in [1.82, 2.24) is 0 Å². The van der Waals surface area contributed by atoms with Crippen molar-refractivity contribution < 1.29 is 4.79 Å². The predicted molar refractivity (Wildman–Crippen MR) is 53.3 cm³/mol. The third kappa shape index (κ3) is 2.53. The minimum absolute atomic E-state index is 0.237. The molecule has 0 fully saturated rings. The molecule has 1 unspecified atom stereocenters. The molecule has 2 nitrogen and oxygen atoms in total. The minimum Gasteiger partial charge on any atom is -0.211 e. The molecule has 1 aliphatic carbocycles. The molecule has 0 heterocycles. The second kappa shape index (κ2) is 3.89. The van der Waals surface area contributed by atoms with Gasteiger partial charge in [-0.15, -0.1) is 0 Å². The zero-order valence-corrected chi connectivity index (χ0v) is 8.63. The van der Waals surface area contributed by atoms with Crippen LogP contribution in [0.15, 0.2) is 16.6 Å². The van der Waals surface area contributed by atoms with E-state index in [0.717, 1.165) is 19.3 Å². The normalized spacial score (nSPS) is 23.3. The van der Waals surface area contributed by atoms with Crippen LogP contribution in [0, 0.1) is 5.92 Å². The van der Waals surface area contributed by atoms with Gasteiger partial charge in [0, 0.05) is 0 Å². The molecular weight excluding hydrogens is 162 g/mol. The number of allylic oxidation sites excluding steroid dienone is 2. The van der Waals surface area contributed by atoms with Crippen molar-refractivity contribution >= 4 is 6.08 Å². The summed E-state index contributed by atoms with van der Waals surface area (Å²) in [5, 5.41) is 0. The van der Waals surface area contributed by atoms with Gasteiger partial charge in [-0.3, -0.25) is 0 Å². The van der Waals surface area contributed by atoms with Gasteiger partial charge in [0.1, 0.15) is 0 Å². The number of nitrogens with zero attached hydrogens (tertiary/aromatic N) is 1. The second-order valence-corrected chi connectivity index (χ2v) is 4.38. The molecule has 0 aromatic rings. The third-order valence-electron chi connectivity index (χ3n) is 2.97. The first-order chi connectivity index (χ1) is 6.06. The van der Waals surface area contributed by atoms with Gasteiger partial charge in [-0.25, -0.2) is 4.79 Å². The quantitative estimate of drug-likeness (QED) is 0.364. The Hall–Kier alpha value is -0.880. The number of isocyanates is 1. The van der Waals surface area contributed by atoms with E-state index in [1.165, 1.54) is 5.57 Å². The Kier molecular flexibility index (Phi) is 3.05. The van der Waals surface area contributed by atoms with Crippen molar-refractivity contribution in [3.05, 3.63) is 11.6 Å². The minimum atomic E-state index is -0.237. The van der Waals surface area contributed by atoms with Crippen LogP contribution in [-0.2, 0) is 4.79 Å². The highest BCUT2D eigenvalue weighted by Gasteiger charge is 2.29. The van der Waals surface area contributed by atoms with E-state index in [4.69, 9.17) is 0 Å². The first-order valence-corrected chi connectivity index (χ1v) is 4.81. The van der Waals surface area contributed by atoms with Crippen LogP contribution in [0.2, 0.25) is 0 Å². The predicted octanol–water partition coefficient (Wildman–Crippen LogP) is 2.85. The Morgan fingerprint density at radius 3 is 2.77 bits per heavy atom. The summed E-state index contributed by atoms with van der Waals surface area (Å²) in [6.07, 6.45) is 7.26. The van der Waals surface area contributed by atoms with Crippen molar-refractivity contribution in [2.45, 2.75) is 45.6 Å². The molecule has 0 N–H and O–H groups in total. The van der Waals surface area contributed by atoms with Gasteiger partial charge in [0.05, 0.1) is 5.54 Å². The van der Waals surface area contributed by atoms with E-state index in [-0.39, 0.29) is 5.54 Å². The Labute approximate surface area is 79.8 Å². The number of rotatable bonds is 2. The Morgan fingerprint density at radius 2 is 2.31 bits per heavy atom. The van der Waals surface area contributed by atoms with Crippen molar-refractivity contribution in [3.8, 4) is 0 Å². The molecule has 1 atom stereocenters. The van der Waals surface area contributed by atoms with Gasteiger partial charge in [0.25, 0.3) is 0 Å². The molecule has 0 aliphatic heterocycles. The average molecular weight is 179 g/mol. The van der Waals surface area contributed by atoms with Crippen LogP contribution in [0.3, 0.4) is 0 Å². The van der Waals surface area contributed by atoms with Crippen LogP contribution in [0.4, 0.5) is 0 Å². The standard InChI is InChI=1S/C11H17NO/c1-9-4-6-10(7-5-9)11(2,3)12-8-13/h4,10H,5-7H2,1-3H3. The van der Waals surface area contributed by atoms with Gasteiger partial charge >= 0.3 is 0 Å². The smallest absolute Gasteiger partial charge is 0.211 e. The molecule has 0 bridgehead atoms. The summed E-state index contributed by atoms with van der Waals surface area (Å²) in [4.78, 5) is 14.1. The van der Waals surface area contributed by atoms with Crippen LogP contribution in [0.25, 0.3) is 0 Å². The summed E-state index contributed by atoms with van der Waals surface area (Å²) < 4.78 is 0. The SMILES string of the molecule is CC1=CCC(C(C)(C)N=C=O)CC1. The molecule has 0 saturated carbocycles. The van der Waals surface area contributed by atoms with E-state index in [9.17, 15) is 4.79 Å². The summed E-state index contributed by atoms with van der Waals surface area (Å²) in [7, 11) is 0. The van der Waals surface area contributed by atoms with Crippen LogP contribution in [-0.4, -0.2) is 11.6 Å². The van der Waals surface area contributed by atoms with Gasteiger partial charge < -0.3 is 0 Å². The highest BCUT2D eigenvalue weighted by Crippen LogP contribution is 2.33. The van der Waals surface area contributed by atoms with Gasteiger partial charge in [-0.1, -0.05) is 11.6 Å². The molecule has 0 aromatic carbocycles. The first-order valence-electron chi connectivity index (χ1n) is 4.81. The zero-order valence-electron chi connectivity index (χ0n) is 8.63. The molecule has 13 heavy (non-hydrogen) atoms. The molecule has 72 valence electrons. The lowest BCUT2D eigenvalue weighted by atomic mass is 9.78. The van der Waals surface area contributed by atoms with E-state index in [1.807, 2.05) is 13.8 Å². The third-order valence-corrected chi connectivity index (χ3v) is 2.97. The second-order valence-electron chi connectivity index (χ2n) is 4.38. The summed E-state index contributed by atoms with van der Waals surface area (Å²) in [6.45, 7) is 6.18. The van der Waals surface area contributed by atoms with Crippen molar-refractivity contribution in [3.63, 3.8) is 0 Å². The summed E-state index contributed by atoms with van der Waals surface area (Å²) in [5.41, 5.74) is 1.22. The van der Waals surface area contributed by atoms with E-state index in [2.05, 4.69) is 18.0 Å². The Balaban J connectivity index is 2.69. The Morgan fingerprint density at radius 1 is 1.62 bits per heavy atom. The molecule has 0 radical (unpaired) electrons. The average Bonchev–Trinajstić information content (AvgIpc) is 2.05. The molecule has 2 heteroatoms. The zero-order chi connectivity index (χ0) is 9.90. The maximum Gasteiger partial charge on any atom is 0.235 e. The highest BCUT2D eigenvalue weighted by atomic mass is 16.1. The fraction of sp³-hybridized carbons (Fsp3) is 0.727. The van der Waals surface area contributed by atoms with Gasteiger partial charge in [0.2, 0.25) is 6.08 Å². The highest BCUT2D eigenvalue weighted by molar-refractivity contribution is 5.34. The summed E-state index contributed by atoms with van der Waals surface area (Å²) >= 11 is 0. The molecular formula is C11H17NO. The van der Waals surface area contributed by atoms with E-state index in [1.54, 1.807) is 6.08 Å². The first kappa shape index (κ1) is 10.2. The van der Waals surface area contributed by atoms with Crippen LogP contribution in [0.1, 0.15) is 40.0 Å². The fourth-order valence-electron chi connectivity index (χ4n) is 1.82. The van der Waals surface area contributed by atoms with Crippen LogP contribution >= 0.6 is 0 Å². The lowest BCUT2D eigenvalue weighted by Gasteiger charge is -2.31. The summed E-state index contributed by atoms with van der Waals surface area (Å²) in [5.74, 6) is 0.498. The van der Waals surface area contributed by atoms with E-state index in [0.29, 0.717) is 5.92 Å². The number of hydrogen-bond acceptors (Lipinski definition) is 2. The number of carbonyl (C=O) groups excluding carboxylic acids is 1. The topological polar surface area (TPSA) is 29.4 Å². The van der Waals surface area contributed by atoms with Gasteiger partial charge in [0.15, 0.2) is 0 Å². The van der Waals surface area contributed by atoms with Crippen LogP contribution in [0.5, 0.6) is 0 Å². The number of aliphatic imine (C=N–C) groups is 1. The molecule has 1 rings (SSSR count). The lowest BCUT2D eigenvalue weighted by molar-refractivity contribution is 0.296. The van der Waals surface area contributed by atoms with Crippen molar-refractivity contribution in [2.24, 2.45) is 10.9 Å².